The predicted molar refractivity (Wildman–Crippen MR) is 133 cm³/mol. The molecule has 0 bridgehead atoms. The fourth-order valence-corrected chi connectivity index (χ4v) is 5.43. The van der Waals surface area contributed by atoms with Crippen molar-refractivity contribution in [3.8, 4) is 5.75 Å². The molecule has 2 fully saturated rings. The van der Waals surface area contributed by atoms with Crippen LogP contribution in [0.2, 0.25) is 0 Å². The molecule has 9 heteroatoms. The number of fused-ring (bicyclic) bond motifs is 2. The predicted octanol–water partition coefficient (Wildman–Crippen LogP) is 3.00. The van der Waals surface area contributed by atoms with Crippen LogP contribution in [0.25, 0.3) is 5.65 Å². The number of nitrogens with zero attached hydrogens (tertiary/aromatic N) is 5. The maximum absolute atomic E-state index is 13.3. The van der Waals surface area contributed by atoms with Crippen LogP contribution in [0.1, 0.15) is 42.6 Å². The third-order valence-corrected chi connectivity index (χ3v) is 7.15. The summed E-state index contributed by atoms with van der Waals surface area (Å²) in [5, 5.41) is 7.43. The van der Waals surface area contributed by atoms with E-state index in [2.05, 4.69) is 51.2 Å². The summed E-state index contributed by atoms with van der Waals surface area (Å²) < 4.78 is 13.7. The van der Waals surface area contributed by atoms with Gasteiger partial charge in [-0.25, -0.2) is 9.50 Å². The molecule has 1 N–H and O–H groups in total. The molecule has 0 radical (unpaired) electrons. The lowest BCUT2D eigenvalue weighted by molar-refractivity contribution is 0.0712. The van der Waals surface area contributed by atoms with E-state index >= 15 is 0 Å². The molecule has 184 valence electrons. The molecule has 0 aliphatic carbocycles. The lowest BCUT2D eigenvalue weighted by Gasteiger charge is -2.37. The third kappa shape index (κ3) is 4.46. The van der Waals surface area contributed by atoms with Crippen molar-refractivity contribution in [2.75, 3.05) is 49.5 Å². The van der Waals surface area contributed by atoms with Gasteiger partial charge in [-0.15, -0.1) is 0 Å². The Kier molecular flexibility index (Phi) is 5.61. The Bertz CT molecular complexity index is 1240. The summed E-state index contributed by atoms with van der Waals surface area (Å²) in [6.07, 6.45) is 8.53. The van der Waals surface area contributed by atoms with Gasteiger partial charge in [0.2, 0.25) is 0 Å². The van der Waals surface area contributed by atoms with E-state index < -0.39 is 0 Å². The minimum atomic E-state index is -0.255. The minimum Gasteiger partial charge on any atom is -0.487 e. The van der Waals surface area contributed by atoms with Crippen LogP contribution in [0.5, 0.6) is 5.75 Å². The second kappa shape index (κ2) is 8.80. The molecule has 6 rings (SSSR count). The van der Waals surface area contributed by atoms with Crippen molar-refractivity contribution in [3.05, 3.63) is 47.9 Å². The first-order chi connectivity index (χ1) is 16.9. The van der Waals surface area contributed by atoms with E-state index in [1.807, 2.05) is 0 Å². The smallest absolute Gasteiger partial charge is 0.261 e. The zero-order valence-electron chi connectivity index (χ0n) is 20.4. The molecule has 1 atom stereocenters. The quantitative estimate of drug-likeness (QED) is 0.606. The minimum absolute atomic E-state index is 0.213. The van der Waals surface area contributed by atoms with Crippen molar-refractivity contribution in [2.45, 2.75) is 44.8 Å². The van der Waals surface area contributed by atoms with Gasteiger partial charge in [0, 0.05) is 69.8 Å². The van der Waals surface area contributed by atoms with Crippen LogP contribution in [0, 0.1) is 0 Å². The van der Waals surface area contributed by atoms with Crippen molar-refractivity contribution >= 4 is 22.9 Å². The number of piperazine rings is 1. The molecule has 3 aliphatic heterocycles. The molecule has 3 aliphatic rings. The molecule has 2 aromatic heterocycles. The van der Waals surface area contributed by atoms with Crippen LogP contribution in [0.15, 0.2) is 36.8 Å². The summed E-state index contributed by atoms with van der Waals surface area (Å²) in [5.41, 5.74) is 3.65. The molecule has 0 saturated carbocycles. The fourth-order valence-electron chi connectivity index (χ4n) is 5.43. The number of carbonyl (C=O) groups excluding carboxylic acids is 1. The largest absolute Gasteiger partial charge is 0.487 e. The van der Waals surface area contributed by atoms with Crippen LogP contribution in [-0.2, 0) is 11.2 Å². The van der Waals surface area contributed by atoms with Gasteiger partial charge in [-0.2, -0.15) is 5.10 Å². The molecular formula is C26H32N6O3. The lowest BCUT2D eigenvalue weighted by Crippen LogP contribution is -2.48. The summed E-state index contributed by atoms with van der Waals surface area (Å²) >= 11 is 0. The average Bonchev–Trinajstić information content (AvgIpc) is 3.56. The number of carbonyl (C=O) groups is 1. The number of ether oxygens (including phenoxy) is 2. The number of hydrogen-bond acceptors (Lipinski definition) is 7. The highest BCUT2D eigenvalue weighted by molar-refractivity contribution is 6.09. The van der Waals surface area contributed by atoms with E-state index in [0.717, 1.165) is 74.9 Å². The van der Waals surface area contributed by atoms with Crippen LogP contribution >= 0.6 is 0 Å². The van der Waals surface area contributed by atoms with E-state index in [9.17, 15) is 4.79 Å². The zero-order valence-corrected chi connectivity index (χ0v) is 20.4. The maximum Gasteiger partial charge on any atom is 0.261 e. The Hall–Kier alpha value is -3.17. The molecule has 2 saturated heterocycles. The summed E-state index contributed by atoms with van der Waals surface area (Å²) in [4.78, 5) is 22.5. The number of nitrogens with one attached hydrogen (secondary N) is 1. The number of amides is 1. The number of anilines is 2. The molecule has 3 aromatic rings. The first-order valence-corrected chi connectivity index (χ1v) is 12.5. The molecule has 9 nitrogen and oxygen atoms in total. The highest BCUT2D eigenvalue weighted by atomic mass is 16.5. The SMILES string of the molecule is CC1(C)Cc2cc(NC(=O)c3cnn4cccnc34)c(N3CCN(CC4CCCO4)CC3)cc2O1. The first kappa shape index (κ1) is 22.3. The molecule has 1 aromatic carbocycles. The average molecular weight is 477 g/mol. The Labute approximate surface area is 205 Å². The van der Waals surface area contributed by atoms with Gasteiger partial charge in [0.25, 0.3) is 5.91 Å². The number of rotatable bonds is 5. The number of aromatic nitrogens is 3. The first-order valence-electron chi connectivity index (χ1n) is 12.5. The van der Waals surface area contributed by atoms with Crippen LogP contribution in [0.4, 0.5) is 11.4 Å². The van der Waals surface area contributed by atoms with E-state index in [4.69, 9.17) is 9.47 Å². The normalized spacial score (nSPS) is 21.8. The van der Waals surface area contributed by atoms with Crippen molar-refractivity contribution in [2.24, 2.45) is 0 Å². The Morgan fingerprint density at radius 2 is 2.09 bits per heavy atom. The second-order valence-electron chi connectivity index (χ2n) is 10.3. The maximum atomic E-state index is 13.3. The van der Waals surface area contributed by atoms with Gasteiger partial charge >= 0.3 is 0 Å². The van der Waals surface area contributed by atoms with E-state index in [1.54, 1.807) is 29.2 Å². The highest BCUT2D eigenvalue weighted by Crippen LogP contribution is 2.42. The van der Waals surface area contributed by atoms with Crippen molar-refractivity contribution in [1.29, 1.82) is 0 Å². The van der Waals surface area contributed by atoms with E-state index in [-0.39, 0.29) is 11.5 Å². The van der Waals surface area contributed by atoms with Crippen molar-refractivity contribution in [1.82, 2.24) is 19.5 Å². The van der Waals surface area contributed by atoms with Crippen LogP contribution in [-0.4, -0.2) is 76.4 Å². The summed E-state index contributed by atoms with van der Waals surface area (Å²) in [6, 6.07) is 5.97. The van der Waals surface area contributed by atoms with Gasteiger partial charge in [-0.05, 0) is 38.8 Å². The van der Waals surface area contributed by atoms with Gasteiger partial charge in [-0.3, -0.25) is 9.69 Å². The van der Waals surface area contributed by atoms with Gasteiger partial charge in [0.15, 0.2) is 5.65 Å². The number of benzene rings is 1. The second-order valence-corrected chi connectivity index (χ2v) is 10.3. The van der Waals surface area contributed by atoms with Gasteiger partial charge in [0.1, 0.15) is 16.9 Å². The number of hydrogen-bond donors (Lipinski definition) is 1. The standard InChI is InChI=1S/C26H32N6O3/c1-26(2)15-18-13-21(29-25(33)20-16-28-32-7-4-6-27-24(20)32)22(14-23(18)35-26)31-10-8-30(9-11-31)17-19-5-3-12-34-19/h4,6-7,13-14,16,19H,3,5,8-12,15,17H2,1-2H3,(H,29,33). The monoisotopic (exact) mass is 476 g/mol. The van der Waals surface area contributed by atoms with Gasteiger partial charge in [-0.1, -0.05) is 0 Å². The third-order valence-electron chi connectivity index (χ3n) is 7.15. The van der Waals surface area contributed by atoms with Gasteiger partial charge < -0.3 is 19.7 Å². The van der Waals surface area contributed by atoms with Crippen molar-refractivity contribution < 1.29 is 14.3 Å². The van der Waals surface area contributed by atoms with Crippen molar-refractivity contribution in [3.63, 3.8) is 0 Å². The Morgan fingerprint density at radius 1 is 1.23 bits per heavy atom. The summed E-state index contributed by atoms with van der Waals surface area (Å²) in [5.74, 6) is 0.692. The Morgan fingerprint density at radius 3 is 2.89 bits per heavy atom. The van der Waals surface area contributed by atoms with Crippen LogP contribution in [0.3, 0.4) is 0 Å². The fraction of sp³-hybridized carbons (Fsp3) is 0.500. The molecule has 35 heavy (non-hydrogen) atoms. The van der Waals surface area contributed by atoms with E-state index in [0.29, 0.717) is 17.3 Å². The molecule has 5 heterocycles. The molecule has 1 amide bonds. The van der Waals surface area contributed by atoms with Crippen LogP contribution < -0.4 is 15.0 Å². The lowest BCUT2D eigenvalue weighted by atomic mass is 10.0. The summed E-state index contributed by atoms with van der Waals surface area (Å²) in [7, 11) is 0. The summed E-state index contributed by atoms with van der Waals surface area (Å²) in [6.45, 7) is 9.79. The molecular weight excluding hydrogens is 444 g/mol. The molecule has 0 spiro atoms. The van der Waals surface area contributed by atoms with Gasteiger partial charge in [0.05, 0.1) is 23.7 Å². The zero-order chi connectivity index (χ0) is 24.0. The van der Waals surface area contributed by atoms with E-state index in [1.165, 1.54) is 6.42 Å². The topological polar surface area (TPSA) is 84.2 Å². The molecule has 1 unspecified atom stereocenters. The highest BCUT2D eigenvalue weighted by Gasteiger charge is 2.33. The Balaban J connectivity index is 1.25.